The van der Waals surface area contributed by atoms with E-state index < -0.39 is 0 Å². The van der Waals surface area contributed by atoms with Crippen LogP contribution in [0.5, 0.6) is 0 Å². The molecule has 7 nitrogen and oxygen atoms in total. The summed E-state index contributed by atoms with van der Waals surface area (Å²) in [6.45, 7) is 11.3. The summed E-state index contributed by atoms with van der Waals surface area (Å²) in [5.74, 6) is 0.0107. The van der Waals surface area contributed by atoms with Crippen molar-refractivity contribution in [2.24, 2.45) is 5.41 Å². The van der Waals surface area contributed by atoms with Gasteiger partial charge in [-0.25, -0.2) is 4.98 Å². The third-order valence-corrected chi connectivity index (χ3v) is 5.27. The number of rotatable bonds is 4. The Morgan fingerprint density at radius 3 is 2.52 bits per heavy atom. The van der Waals surface area contributed by atoms with Gasteiger partial charge in [0.05, 0.1) is 25.1 Å². The van der Waals surface area contributed by atoms with Gasteiger partial charge in [-0.1, -0.05) is 27.2 Å². The zero-order valence-corrected chi connectivity index (χ0v) is 17.0. The lowest BCUT2D eigenvalue weighted by molar-refractivity contribution is -0.133. The van der Waals surface area contributed by atoms with E-state index >= 15 is 0 Å². The van der Waals surface area contributed by atoms with Crippen LogP contribution < -0.4 is 5.32 Å². The third-order valence-electron chi connectivity index (χ3n) is 5.27. The molecule has 0 unspecified atom stereocenters. The van der Waals surface area contributed by atoms with Crippen molar-refractivity contribution >= 4 is 11.8 Å². The van der Waals surface area contributed by atoms with E-state index in [-0.39, 0.29) is 17.2 Å². The van der Waals surface area contributed by atoms with E-state index in [2.05, 4.69) is 36.0 Å². The van der Waals surface area contributed by atoms with Crippen molar-refractivity contribution in [1.29, 1.82) is 0 Å². The van der Waals surface area contributed by atoms with Crippen molar-refractivity contribution in [1.82, 2.24) is 24.7 Å². The lowest BCUT2D eigenvalue weighted by atomic mass is 9.97. The molecule has 2 aliphatic heterocycles. The first-order chi connectivity index (χ1) is 12.8. The number of piperidine rings is 1. The molecule has 7 heteroatoms. The standard InChI is InChI=1S/C20H33N5O2/c1-20(2,3)14-21-19(27)18-16-12-24(10-7-11-25(16)15-22-18)17(26)13-23-8-5-4-6-9-23/h15H,4-14H2,1-3H3,(H,21,27). The average Bonchev–Trinajstić information content (AvgIpc) is 2.89. The Morgan fingerprint density at radius 1 is 1.07 bits per heavy atom. The highest BCUT2D eigenvalue weighted by molar-refractivity contribution is 5.93. The van der Waals surface area contributed by atoms with E-state index in [1.807, 2.05) is 9.47 Å². The van der Waals surface area contributed by atoms with Gasteiger partial charge in [-0.2, -0.15) is 0 Å². The first-order valence-corrected chi connectivity index (χ1v) is 10.2. The largest absolute Gasteiger partial charge is 0.350 e. The lowest BCUT2D eigenvalue weighted by Gasteiger charge is -2.29. The van der Waals surface area contributed by atoms with Gasteiger partial charge in [-0.05, 0) is 37.8 Å². The van der Waals surface area contributed by atoms with Crippen molar-refractivity contribution in [3.05, 3.63) is 17.7 Å². The Balaban J connectivity index is 1.67. The predicted molar refractivity (Wildman–Crippen MR) is 104 cm³/mol. The molecule has 1 saturated heterocycles. The van der Waals surface area contributed by atoms with Crippen LogP contribution in [0.15, 0.2) is 6.33 Å². The molecule has 0 atom stereocenters. The monoisotopic (exact) mass is 375 g/mol. The zero-order valence-electron chi connectivity index (χ0n) is 17.0. The number of amides is 2. The minimum atomic E-state index is -0.149. The Labute approximate surface area is 162 Å². The van der Waals surface area contributed by atoms with Gasteiger partial charge in [0.15, 0.2) is 5.69 Å². The highest BCUT2D eigenvalue weighted by Crippen LogP contribution is 2.18. The molecule has 1 fully saturated rings. The number of carbonyl (C=O) groups is 2. The summed E-state index contributed by atoms with van der Waals surface area (Å²) in [6.07, 6.45) is 6.25. The minimum Gasteiger partial charge on any atom is -0.350 e. The molecule has 150 valence electrons. The highest BCUT2D eigenvalue weighted by atomic mass is 16.2. The molecule has 0 bridgehead atoms. The Hall–Kier alpha value is -1.89. The molecule has 3 rings (SSSR count). The van der Waals surface area contributed by atoms with Gasteiger partial charge in [0.2, 0.25) is 5.91 Å². The number of aromatic nitrogens is 2. The van der Waals surface area contributed by atoms with E-state index in [4.69, 9.17) is 0 Å². The third kappa shape index (κ3) is 5.31. The highest BCUT2D eigenvalue weighted by Gasteiger charge is 2.26. The first kappa shape index (κ1) is 19.9. The molecule has 27 heavy (non-hydrogen) atoms. The van der Waals surface area contributed by atoms with Gasteiger partial charge in [0.25, 0.3) is 5.91 Å². The molecule has 3 heterocycles. The number of aryl methyl sites for hydroxylation is 1. The number of hydrogen-bond donors (Lipinski definition) is 1. The fourth-order valence-corrected chi connectivity index (χ4v) is 3.70. The zero-order chi connectivity index (χ0) is 19.4. The lowest BCUT2D eigenvalue weighted by Crippen LogP contribution is -2.42. The van der Waals surface area contributed by atoms with Crippen LogP contribution in [0.3, 0.4) is 0 Å². The second kappa shape index (κ2) is 8.42. The molecule has 0 aromatic carbocycles. The topological polar surface area (TPSA) is 70.5 Å². The number of nitrogens with zero attached hydrogens (tertiary/aromatic N) is 4. The Kier molecular flexibility index (Phi) is 6.19. The predicted octanol–water partition coefficient (Wildman–Crippen LogP) is 1.88. The van der Waals surface area contributed by atoms with Crippen LogP contribution in [0.4, 0.5) is 0 Å². The second-order valence-electron chi connectivity index (χ2n) is 8.98. The number of hydrogen-bond acceptors (Lipinski definition) is 4. The maximum Gasteiger partial charge on any atom is 0.271 e. The summed E-state index contributed by atoms with van der Waals surface area (Å²) < 4.78 is 2.03. The maximum absolute atomic E-state index is 12.8. The van der Waals surface area contributed by atoms with Gasteiger partial charge < -0.3 is 14.8 Å². The van der Waals surface area contributed by atoms with Crippen LogP contribution in [-0.2, 0) is 17.9 Å². The van der Waals surface area contributed by atoms with E-state index in [0.717, 1.165) is 38.3 Å². The van der Waals surface area contributed by atoms with Crippen molar-refractivity contribution in [2.45, 2.75) is 59.5 Å². The maximum atomic E-state index is 12.8. The van der Waals surface area contributed by atoms with E-state index in [1.54, 1.807) is 6.33 Å². The van der Waals surface area contributed by atoms with Crippen molar-refractivity contribution in [3.63, 3.8) is 0 Å². The van der Waals surface area contributed by atoms with Crippen LogP contribution in [-0.4, -0.2) is 63.9 Å². The van der Waals surface area contributed by atoms with E-state index in [1.165, 1.54) is 19.3 Å². The average molecular weight is 376 g/mol. The number of nitrogens with one attached hydrogen (secondary N) is 1. The molecular formula is C20H33N5O2. The molecule has 1 aromatic heterocycles. The van der Waals surface area contributed by atoms with Gasteiger partial charge >= 0.3 is 0 Å². The van der Waals surface area contributed by atoms with E-state index in [0.29, 0.717) is 25.3 Å². The molecule has 1 N–H and O–H groups in total. The fourth-order valence-electron chi connectivity index (χ4n) is 3.70. The molecule has 0 spiro atoms. The summed E-state index contributed by atoms with van der Waals surface area (Å²) in [5, 5.41) is 2.98. The van der Waals surface area contributed by atoms with Crippen LogP contribution >= 0.6 is 0 Å². The summed E-state index contributed by atoms with van der Waals surface area (Å²) >= 11 is 0. The molecule has 0 aliphatic carbocycles. The fraction of sp³-hybridized carbons (Fsp3) is 0.750. The van der Waals surface area contributed by atoms with E-state index in [9.17, 15) is 9.59 Å². The summed E-state index contributed by atoms with van der Waals surface area (Å²) in [4.78, 5) is 34.0. The molecule has 0 radical (unpaired) electrons. The van der Waals surface area contributed by atoms with Crippen LogP contribution in [0, 0.1) is 5.41 Å². The van der Waals surface area contributed by atoms with Crippen molar-refractivity contribution in [2.75, 3.05) is 32.7 Å². The number of likely N-dealkylation sites (tertiary alicyclic amines) is 1. The molecule has 2 amide bonds. The first-order valence-electron chi connectivity index (χ1n) is 10.2. The summed E-state index contributed by atoms with van der Waals surface area (Å²) in [7, 11) is 0. The number of fused-ring (bicyclic) bond motifs is 1. The van der Waals surface area contributed by atoms with Crippen LogP contribution in [0.1, 0.15) is 62.6 Å². The second-order valence-corrected chi connectivity index (χ2v) is 8.98. The minimum absolute atomic E-state index is 0.0167. The normalized spacial score (nSPS) is 18.7. The Bertz CT molecular complexity index is 670. The van der Waals surface area contributed by atoms with Gasteiger partial charge in [0, 0.05) is 19.6 Å². The quantitative estimate of drug-likeness (QED) is 0.872. The molecule has 0 saturated carbocycles. The summed E-state index contributed by atoms with van der Waals surface area (Å²) in [5.41, 5.74) is 1.32. The SMILES string of the molecule is CC(C)(C)CNC(=O)c1ncn2c1CN(C(=O)CN1CCCCC1)CCC2. The molecule has 1 aromatic rings. The summed E-state index contributed by atoms with van der Waals surface area (Å²) in [6, 6.07) is 0. The van der Waals surface area contributed by atoms with Gasteiger partial charge in [-0.3, -0.25) is 14.5 Å². The Morgan fingerprint density at radius 2 is 1.81 bits per heavy atom. The van der Waals surface area contributed by atoms with Gasteiger partial charge in [0.1, 0.15) is 0 Å². The van der Waals surface area contributed by atoms with Crippen molar-refractivity contribution in [3.8, 4) is 0 Å². The van der Waals surface area contributed by atoms with Crippen molar-refractivity contribution < 1.29 is 9.59 Å². The van der Waals surface area contributed by atoms with Gasteiger partial charge in [-0.15, -0.1) is 0 Å². The molecule has 2 aliphatic rings. The smallest absolute Gasteiger partial charge is 0.271 e. The number of imidazole rings is 1. The number of carbonyl (C=O) groups excluding carboxylic acids is 2. The van der Waals surface area contributed by atoms with Crippen LogP contribution in [0.25, 0.3) is 0 Å². The molecular weight excluding hydrogens is 342 g/mol. The van der Waals surface area contributed by atoms with Crippen LogP contribution in [0.2, 0.25) is 0 Å².